The lowest BCUT2D eigenvalue weighted by molar-refractivity contribution is 0.238. The molecule has 17 heavy (non-hydrogen) atoms. The van der Waals surface area contributed by atoms with E-state index in [-0.39, 0.29) is 24.6 Å². The first-order valence-corrected chi connectivity index (χ1v) is 5.67. The fourth-order valence-corrected chi connectivity index (χ4v) is 2.03. The van der Waals surface area contributed by atoms with E-state index in [4.69, 9.17) is 10.5 Å². The van der Waals surface area contributed by atoms with E-state index < -0.39 is 0 Å². The first kappa shape index (κ1) is 11.8. The molecule has 0 bridgehead atoms. The van der Waals surface area contributed by atoms with Gasteiger partial charge in [0.05, 0.1) is 19.8 Å². The number of aromatic nitrogens is 3. The minimum absolute atomic E-state index is 0.0512. The van der Waals surface area contributed by atoms with Crippen LogP contribution in [0.2, 0.25) is 0 Å². The summed E-state index contributed by atoms with van der Waals surface area (Å²) in [6.45, 7) is 0.908. The van der Waals surface area contributed by atoms with Crippen molar-refractivity contribution in [3.8, 4) is 6.01 Å². The highest BCUT2D eigenvalue weighted by molar-refractivity contribution is 5.37. The fourth-order valence-electron chi connectivity index (χ4n) is 2.03. The lowest BCUT2D eigenvalue weighted by Crippen LogP contribution is -2.43. The molecule has 7 heteroatoms. The fraction of sp³-hybridized carbons (Fsp3) is 0.700. The Labute approximate surface area is 99.6 Å². The van der Waals surface area contributed by atoms with Crippen molar-refractivity contribution in [1.29, 1.82) is 0 Å². The van der Waals surface area contributed by atoms with Crippen LogP contribution < -0.4 is 15.4 Å². The van der Waals surface area contributed by atoms with Gasteiger partial charge < -0.3 is 20.5 Å². The second-order valence-corrected chi connectivity index (χ2v) is 4.01. The topological polar surface area (TPSA) is 97.4 Å². The molecule has 1 unspecified atom stereocenters. The second kappa shape index (κ2) is 5.13. The number of rotatable bonds is 3. The number of anilines is 2. The molecule has 2 heterocycles. The number of nitrogen functional groups attached to an aromatic ring is 1. The number of methoxy groups -OCH3 is 1. The minimum Gasteiger partial charge on any atom is -0.467 e. The van der Waals surface area contributed by atoms with Crippen molar-refractivity contribution in [1.82, 2.24) is 15.0 Å². The number of aliphatic hydroxyl groups excluding tert-OH is 1. The predicted molar refractivity (Wildman–Crippen MR) is 62.9 cm³/mol. The molecule has 1 aliphatic heterocycles. The average molecular weight is 239 g/mol. The number of hydrogen-bond donors (Lipinski definition) is 2. The Morgan fingerprint density at radius 3 is 2.94 bits per heavy atom. The van der Waals surface area contributed by atoms with Gasteiger partial charge in [-0.3, -0.25) is 0 Å². The molecule has 7 nitrogen and oxygen atoms in total. The molecule has 0 amide bonds. The van der Waals surface area contributed by atoms with Crippen LogP contribution in [0.15, 0.2) is 0 Å². The Kier molecular flexibility index (Phi) is 3.58. The molecule has 0 saturated carbocycles. The van der Waals surface area contributed by atoms with Gasteiger partial charge in [0.1, 0.15) is 0 Å². The van der Waals surface area contributed by atoms with Gasteiger partial charge in [0.15, 0.2) is 0 Å². The van der Waals surface area contributed by atoms with E-state index in [1.54, 1.807) is 0 Å². The Balaban J connectivity index is 2.27. The number of nitrogens with two attached hydrogens (primary N) is 1. The maximum atomic E-state index is 9.34. The van der Waals surface area contributed by atoms with Crippen LogP contribution in [0.25, 0.3) is 0 Å². The number of ether oxygens (including phenoxy) is 1. The predicted octanol–water partition coefficient (Wildman–Crippen LogP) is -0.186. The van der Waals surface area contributed by atoms with Gasteiger partial charge in [-0.05, 0) is 19.3 Å². The maximum absolute atomic E-state index is 9.34. The SMILES string of the molecule is COc1nc(N)nc(N2CCCCC2CO)n1. The van der Waals surface area contributed by atoms with Gasteiger partial charge in [-0.15, -0.1) is 0 Å². The molecule has 1 aromatic heterocycles. The summed E-state index contributed by atoms with van der Waals surface area (Å²) in [6, 6.07) is 0.255. The average Bonchev–Trinajstić information content (AvgIpc) is 2.37. The number of aliphatic hydroxyl groups is 1. The van der Waals surface area contributed by atoms with Crippen LogP contribution in [-0.4, -0.2) is 46.4 Å². The summed E-state index contributed by atoms with van der Waals surface area (Å²) in [7, 11) is 1.48. The summed E-state index contributed by atoms with van der Waals surface area (Å²) in [4.78, 5) is 14.1. The van der Waals surface area contributed by atoms with Crippen LogP contribution in [0.4, 0.5) is 11.9 Å². The summed E-state index contributed by atoms with van der Waals surface area (Å²) < 4.78 is 4.96. The third-order valence-electron chi connectivity index (χ3n) is 2.90. The molecule has 1 fully saturated rings. The number of piperidine rings is 1. The van der Waals surface area contributed by atoms with Crippen LogP contribution in [0.5, 0.6) is 6.01 Å². The molecule has 1 saturated heterocycles. The maximum Gasteiger partial charge on any atom is 0.322 e. The lowest BCUT2D eigenvalue weighted by Gasteiger charge is -2.34. The van der Waals surface area contributed by atoms with Crippen molar-refractivity contribution >= 4 is 11.9 Å². The molecule has 1 atom stereocenters. The van der Waals surface area contributed by atoms with E-state index in [1.165, 1.54) is 7.11 Å². The van der Waals surface area contributed by atoms with Crippen LogP contribution in [0.1, 0.15) is 19.3 Å². The smallest absolute Gasteiger partial charge is 0.322 e. The Bertz CT molecular complexity index is 387. The second-order valence-electron chi connectivity index (χ2n) is 4.01. The van der Waals surface area contributed by atoms with Crippen molar-refractivity contribution in [3.05, 3.63) is 0 Å². The van der Waals surface area contributed by atoms with Crippen LogP contribution in [0.3, 0.4) is 0 Å². The minimum atomic E-state index is 0.0512. The lowest BCUT2D eigenvalue weighted by atomic mass is 10.0. The van der Waals surface area contributed by atoms with Gasteiger partial charge in [-0.2, -0.15) is 15.0 Å². The highest BCUT2D eigenvalue weighted by Gasteiger charge is 2.24. The van der Waals surface area contributed by atoms with Crippen molar-refractivity contribution in [2.75, 3.05) is 30.9 Å². The molecule has 2 rings (SSSR count). The molecule has 94 valence electrons. The Morgan fingerprint density at radius 1 is 1.41 bits per heavy atom. The summed E-state index contributed by atoms with van der Waals surface area (Å²) >= 11 is 0. The summed E-state index contributed by atoms with van der Waals surface area (Å²) in [5, 5.41) is 9.34. The summed E-state index contributed by atoms with van der Waals surface area (Å²) in [6.07, 6.45) is 3.11. The van der Waals surface area contributed by atoms with Gasteiger partial charge in [-0.25, -0.2) is 0 Å². The summed E-state index contributed by atoms with van der Waals surface area (Å²) in [5.74, 6) is 0.613. The van der Waals surface area contributed by atoms with E-state index in [0.29, 0.717) is 5.95 Å². The largest absolute Gasteiger partial charge is 0.467 e. The van der Waals surface area contributed by atoms with E-state index in [1.807, 2.05) is 4.90 Å². The number of nitrogens with zero attached hydrogens (tertiary/aromatic N) is 4. The van der Waals surface area contributed by atoms with Gasteiger partial charge in [0.25, 0.3) is 0 Å². The molecular formula is C10H17N5O2. The molecule has 0 radical (unpaired) electrons. The zero-order chi connectivity index (χ0) is 12.3. The van der Waals surface area contributed by atoms with E-state index in [2.05, 4.69) is 15.0 Å². The Morgan fingerprint density at radius 2 is 2.24 bits per heavy atom. The molecule has 0 aromatic carbocycles. The zero-order valence-corrected chi connectivity index (χ0v) is 9.83. The van der Waals surface area contributed by atoms with Gasteiger partial charge in [0.2, 0.25) is 11.9 Å². The highest BCUT2D eigenvalue weighted by Crippen LogP contribution is 2.22. The Hall–Kier alpha value is -1.63. The van der Waals surface area contributed by atoms with Crippen molar-refractivity contribution in [2.24, 2.45) is 0 Å². The highest BCUT2D eigenvalue weighted by atomic mass is 16.5. The van der Waals surface area contributed by atoms with Gasteiger partial charge in [0, 0.05) is 6.54 Å². The van der Waals surface area contributed by atoms with Crippen LogP contribution >= 0.6 is 0 Å². The van der Waals surface area contributed by atoms with Crippen molar-refractivity contribution < 1.29 is 9.84 Å². The molecule has 0 spiro atoms. The normalized spacial score (nSPS) is 20.4. The molecular weight excluding hydrogens is 222 g/mol. The summed E-state index contributed by atoms with van der Waals surface area (Å²) in [5.41, 5.74) is 5.60. The van der Waals surface area contributed by atoms with Crippen molar-refractivity contribution in [2.45, 2.75) is 25.3 Å². The zero-order valence-electron chi connectivity index (χ0n) is 9.83. The van der Waals surface area contributed by atoms with Crippen LogP contribution in [0, 0.1) is 0 Å². The van der Waals surface area contributed by atoms with E-state index in [0.717, 1.165) is 25.8 Å². The molecule has 3 N–H and O–H groups in total. The quantitative estimate of drug-likeness (QED) is 0.754. The first-order valence-electron chi connectivity index (χ1n) is 5.67. The first-order chi connectivity index (χ1) is 8.24. The van der Waals surface area contributed by atoms with Crippen molar-refractivity contribution in [3.63, 3.8) is 0 Å². The third kappa shape index (κ3) is 2.55. The van der Waals surface area contributed by atoms with E-state index >= 15 is 0 Å². The number of hydrogen-bond acceptors (Lipinski definition) is 7. The standard InChI is InChI=1S/C10H17N5O2/c1-17-10-13-8(11)12-9(14-10)15-5-3-2-4-7(15)6-16/h7,16H,2-6H2,1H3,(H2,11,12,13,14). The van der Waals surface area contributed by atoms with Gasteiger partial charge >= 0.3 is 6.01 Å². The van der Waals surface area contributed by atoms with E-state index in [9.17, 15) is 5.11 Å². The van der Waals surface area contributed by atoms with Gasteiger partial charge in [-0.1, -0.05) is 0 Å². The molecule has 1 aromatic rings. The molecule has 0 aliphatic carbocycles. The van der Waals surface area contributed by atoms with Crippen LogP contribution in [-0.2, 0) is 0 Å². The monoisotopic (exact) mass is 239 g/mol. The third-order valence-corrected chi connectivity index (χ3v) is 2.90. The molecule has 1 aliphatic rings.